The Morgan fingerprint density at radius 1 is 1.11 bits per heavy atom. The zero-order valence-electron chi connectivity index (χ0n) is 15.2. The van der Waals surface area contributed by atoms with Crippen LogP contribution in [0.3, 0.4) is 0 Å². The minimum atomic E-state index is -0.275. The van der Waals surface area contributed by atoms with Gasteiger partial charge in [0.25, 0.3) is 5.91 Å². The summed E-state index contributed by atoms with van der Waals surface area (Å²) in [5.74, 6) is 0.867. The lowest BCUT2D eigenvalue weighted by atomic mass is 10.2. The van der Waals surface area contributed by atoms with Gasteiger partial charge in [0.2, 0.25) is 0 Å². The molecule has 3 heterocycles. The Balaban J connectivity index is 1.61. The summed E-state index contributed by atoms with van der Waals surface area (Å²) >= 11 is 0. The molecule has 1 amide bonds. The summed E-state index contributed by atoms with van der Waals surface area (Å²) in [6.45, 7) is 0.387. The quantitative estimate of drug-likeness (QED) is 0.583. The number of aryl methyl sites for hydroxylation is 3. The van der Waals surface area contributed by atoms with Crippen LogP contribution in [0.15, 0.2) is 42.7 Å². The van der Waals surface area contributed by atoms with E-state index in [4.69, 9.17) is 4.74 Å². The highest BCUT2D eigenvalue weighted by Gasteiger charge is 2.18. The maximum atomic E-state index is 12.7. The normalized spacial score (nSPS) is 11.1. The molecule has 4 aromatic rings. The van der Waals surface area contributed by atoms with Gasteiger partial charge in [-0.1, -0.05) is 0 Å². The number of hydrogen-bond donors (Lipinski definition) is 1. The fourth-order valence-corrected chi connectivity index (χ4v) is 2.89. The van der Waals surface area contributed by atoms with Crippen molar-refractivity contribution in [2.75, 3.05) is 5.32 Å². The fourth-order valence-electron chi connectivity index (χ4n) is 2.89. The van der Waals surface area contributed by atoms with Crippen molar-refractivity contribution in [3.05, 3.63) is 54.1 Å². The van der Waals surface area contributed by atoms with Gasteiger partial charge >= 0.3 is 0 Å². The van der Waals surface area contributed by atoms with Crippen LogP contribution < -0.4 is 10.1 Å². The first-order valence-corrected chi connectivity index (χ1v) is 8.38. The van der Waals surface area contributed by atoms with Crippen molar-refractivity contribution in [1.82, 2.24) is 29.3 Å². The number of ether oxygens (including phenoxy) is 1. The summed E-state index contributed by atoms with van der Waals surface area (Å²) in [7, 11) is 5.40. The topological polar surface area (TPSA) is 91.8 Å². The number of anilines is 1. The van der Waals surface area contributed by atoms with Crippen LogP contribution in [0, 0.1) is 0 Å². The predicted octanol–water partition coefficient (Wildman–Crippen LogP) is 1.87. The Labute approximate surface area is 155 Å². The molecule has 138 valence electrons. The summed E-state index contributed by atoms with van der Waals surface area (Å²) in [6, 6.07) is 9.14. The summed E-state index contributed by atoms with van der Waals surface area (Å²) in [6.07, 6.45) is 3.49. The third-order valence-corrected chi connectivity index (χ3v) is 4.28. The second kappa shape index (κ2) is 6.60. The molecule has 27 heavy (non-hydrogen) atoms. The van der Waals surface area contributed by atoms with Crippen molar-refractivity contribution >= 4 is 22.6 Å². The molecule has 0 radical (unpaired) electrons. The van der Waals surface area contributed by atoms with Crippen LogP contribution in [0.25, 0.3) is 10.9 Å². The summed E-state index contributed by atoms with van der Waals surface area (Å²) in [4.78, 5) is 12.7. The van der Waals surface area contributed by atoms with E-state index in [2.05, 4.69) is 20.6 Å². The largest absolute Gasteiger partial charge is 0.487 e. The third-order valence-electron chi connectivity index (χ3n) is 4.28. The van der Waals surface area contributed by atoms with Crippen molar-refractivity contribution in [2.24, 2.45) is 21.1 Å². The maximum Gasteiger partial charge on any atom is 0.275 e. The number of carbonyl (C=O) groups excluding carboxylic acids is 1. The van der Waals surface area contributed by atoms with Crippen LogP contribution in [0.1, 0.15) is 16.2 Å². The van der Waals surface area contributed by atoms with E-state index in [1.807, 2.05) is 31.3 Å². The van der Waals surface area contributed by atoms with Gasteiger partial charge in [0.15, 0.2) is 5.82 Å². The highest BCUT2D eigenvalue weighted by molar-refractivity contribution is 6.11. The Hall–Kier alpha value is -3.62. The molecule has 0 saturated heterocycles. The summed E-state index contributed by atoms with van der Waals surface area (Å²) in [5, 5.41) is 16.2. The van der Waals surface area contributed by atoms with Gasteiger partial charge < -0.3 is 10.1 Å². The average Bonchev–Trinajstić information content (AvgIpc) is 3.31. The van der Waals surface area contributed by atoms with Crippen molar-refractivity contribution in [2.45, 2.75) is 6.61 Å². The molecule has 0 aliphatic carbocycles. The molecular formula is C18H19N7O2. The molecule has 0 aliphatic rings. The highest BCUT2D eigenvalue weighted by atomic mass is 16.5. The van der Waals surface area contributed by atoms with E-state index in [-0.39, 0.29) is 5.91 Å². The molecule has 9 heteroatoms. The Bertz CT molecular complexity index is 1120. The SMILES string of the molecule is Cn1ccc(NC(=O)c2c3cc(OCc4ccnn4C)ccc3nn2C)n1. The van der Waals surface area contributed by atoms with Crippen LogP contribution in [-0.4, -0.2) is 35.2 Å². The highest BCUT2D eigenvalue weighted by Crippen LogP contribution is 2.25. The molecule has 4 rings (SSSR count). The molecule has 3 aromatic heterocycles. The minimum Gasteiger partial charge on any atom is -0.487 e. The molecule has 0 aliphatic heterocycles. The van der Waals surface area contributed by atoms with Crippen LogP contribution in [0.5, 0.6) is 5.75 Å². The molecule has 0 bridgehead atoms. The van der Waals surface area contributed by atoms with Crippen LogP contribution >= 0.6 is 0 Å². The second-order valence-corrected chi connectivity index (χ2v) is 6.21. The monoisotopic (exact) mass is 365 g/mol. The fraction of sp³-hybridized carbons (Fsp3) is 0.222. The number of benzene rings is 1. The number of rotatable bonds is 5. The average molecular weight is 365 g/mol. The van der Waals surface area contributed by atoms with E-state index >= 15 is 0 Å². The van der Waals surface area contributed by atoms with Crippen molar-refractivity contribution in [3.63, 3.8) is 0 Å². The zero-order valence-corrected chi connectivity index (χ0v) is 15.2. The number of fused-ring (bicyclic) bond motifs is 1. The lowest BCUT2D eigenvalue weighted by Crippen LogP contribution is -2.17. The van der Waals surface area contributed by atoms with Crippen molar-refractivity contribution < 1.29 is 9.53 Å². The van der Waals surface area contributed by atoms with Crippen molar-refractivity contribution in [3.8, 4) is 5.75 Å². The summed E-state index contributed by atoms with van der Waals surface area (Å²) in [5.41, 5.74) is 2.12. The number of hydrogen-bond acceptors (Lipinski definition) is 5. The molecule has 9 nitrogen and oxygen atoms in total. The third kappa shape index (κ3) is 3.26. The van der Waals surface area contributed by atoms with E-state index in [9.17, 15) is 4.79 Å². The number of nitrogens with one attached hydrogen (secondary N) is 1. The lowest BCUT2D eigenvalue weighted by Gasteiger charge is -2.07. The van der Waals surface area contributed by atoms with Crippen molar-refractivity contribution in [1.29, 1.82) is 0 Å². The van der Waals surface area contributed by atoms with Gasteiger partial charge in [0.05, 0.1) is 11.2 Å². The van der Waals surface area contributed by atoms with Gasteiger partial charge in [-0.05, 0) is 24.3 Å². The number of carbonyl (C=O) groups is 1. The van der Waals surface area contributed by atoms with Gasteiger partial charge in [-0.25, -0.2) is 0 Å². The van der Waals surface area contributed by atoms with Crippen LogP contribution in [-0.2, 0) is 27.7 Å². The number of amides is 1. The van der Waals surface area contributed by atoms with E-state index in [0.717, 1.165) is 11.2 Å². The molecule has 1 N–H and O–H groups in total. The molecular weight excluding hydrogens is 346 g/mol. The van der Waals surface area contributed by atoms with Gasteiger partial charge in [-0.3, -0.25) is 18.8 Å². The standard InChI is InChI=1S/C18H19N7O2/c1-23-9-7-16(22-23)20-18(26)17-14-10-13(4-5-15(14)21-25(17)3)27-11-12-6-8-19-24(12)2/h4-10H,11H2,1-3H3,(H,20,22,26). The van der Waals surface area contributed by atoms with Gasteiger partial charge in [0, 0.05) is 45.0 Å². The lowest BCUT2D eigenvalue weighted by molar-refractivity contribution is 0.101. The molecule has 1 aromatic carbocycles. The van der Waals surface area contributed by atoms with E-state index in [0.29, 0.717) is 29.3 Å². The molecule has 0 spiro atoms. The van der Waals surface area contributed by atoms with Gasteiger partial charge in [0.1, 0.15) is 18.1 Å². The van der Waals surface area contributed by atoms with E-state index in [1.54, 1.807) is 46.6 Å². The molecule has 0 saturated carbocycles. The van der Waals surface area contributed by atoms with Crippen LogP contribution in [0.4, 0.5) is 5.82 Å². The Morgan fingerprint density at radius 2 is 1.96 bits per heavy atom. The number of nitrogens with zero attached hydrogens (tertiary/aromatic N) is 6. The van der Waals surface area contributed by atoms with Crippen LogP contribution in [0.2, 0.25) is 0 Å². The first-order valence-electron chi connectivity index (χ1n) is 8.38. The Morgan fingerprint density at radius 3 is 2.67 bits per heavy atom. The Kier molecular flexibility index (Phi) is 4.11. The predicted molar refractivity (Wildman–Crippen MR) is 99.4 cm³/mol. The molecule has 0 unspecified atom stereocenters. The van der Waals surface area contributed by atoms with Gasteiger partial charge in [-0.15, -0.1) is 0 Å². The number of aromatic nitrogens is 6. The smallest absolute Gasteiger partial charge is 0.275 e. The minimum absolute atomic E-state index is 0.275. The molecule has 0 atom stereocenters. The second-order valence-electron chi connectivity index (χ2n) is 6.21. The summed E-state index contributed by atoms with van der Waals surface area (Å²) < 4.78 is 10.8. The molecule has 0 fully saturated rings. The first-order chi connectivity index (χ1) is 13.0. The zero-order chi connectivity index (χ0) is 19.0. The van der Waals surface area contributed by atoms with Gasteiger partial charge in [-0.2, -0.15) is 15.3 Å². The van der Waals surface area contributed by atoms with E-state index in [1.165, 1.54) is 0 Å². The maximum absolute atomic E-state index is 12.7. The first kappa shape index (κ1) is 16.8. The van der Waals surface area contributed by atoms with E-state index < -0.39 is 0 Å².